The SMILES string of the molecule is CCC(C)(C)c1cn(CN(C)C)nn1. The van der Waals surface area contributed by atoms with Crippen LogP contribution in [-0.2, 0) is 12.1 Å². The fraction of sp³-hybridized carbons (Fsp3) is 0.800. The van der Waals surface area contributed by atoms with Crippen molar-refractivity contribution in [2.45, 2.75) is 39.3 Å². The van der Waals surface area contributed by atoms with E-state index in [4.69, 9.17) is 0 Å². The van der Waals surface area contributed by atoms with E-state index in [-0.39, 0.29) is 5.41 Å². The van der Waals surface area contributed by atoms with Crippen molar-refractivity contribution in [3.63, 3.8) is 0 Å². The summed E-state index contributed by atoms with van der Waals surface area (Å²) in [7, 11) is 4.04. The van der Waals surface area contributed by atoms with Crippen LogP contribution < -0.4 is 0 Å². The third-order valence-corrected chi connectivity index (χ3v) is 2.54. The molecule has 0 amide bonds. The number of rotatable bonds is 4. The van der Waals surface area contributed by atoms with E-state index < -0.39 is 0 Å². The minimum absolute atomic E-state index is 0.130. The largest absolute Gasteiger partial charge is 0.291 e. The molecule has 0 unspecified atom stereocenters. The van der Waals surface area contributed by atoms with Crippen LogP contribution in [0.5, 0.6) is 0 Å². The van der Waals surface area contributed by atoms with Crippen LogP contribution in [0.25, 0.3) is 0 Å². The van der Waals surface area contributed by atoms with Gasteiger partial charge in [-0.1, -0.05) is 26.0 Å². The molecule has 80 valence electrons. The lowest BCUT2D eigenvalue weighted by Gasteiger charge is -2.18. The van der Waals surface area contributed by atoms with Crippen molar-refractivity contribution in [2.24, 2.45) is 0 Å². The molecule has 1 heterocycles. The highest BCUT2D eigenvalue weighted by atomic mass is 15.5. The Kier molecular flexibility index (Phi) is 3.26. The molecule has 4 heteroatoms. The summed E-state index contributed by atoms with van der Waals surface area (Å²) in [5.74, 6) is 0. The molecule has 0 N–H and O–H groups in total. The quantitative estimate of drug-likeness (QED) is 0.731. The van der Waals surface area contributed by atoms with Gasteiger partial charge in [0.1, 0.15) is 0 Å². The van der Waals surface area contributed by atoms with Crippen molar-refractivity contribution in [3.8, 4) is 0 Å². The molecule has 1 rings (SSSR count). The zero-order valence-electron chi connectivity index (χ0n) is 9.78. The fourth-order valence-electron chi connectivity index (χ4n) is 1.15. The summed E-state index contributed by atoms with van der Waals surface area (Å²) >= 11 is 0. The van der Waals surface area contributed by atoms with Gasteiger partial charge >= 0.3 is 0 Å². The first-order chi connectivity index (χ1) is 6.45. The summed E-state index contributed by atoms with van der Waals surface area (Å²) in [5, 5.41) is 8.29. The minimum atomic E-state index is 0.130. The van der Waals surface area contributed by atoms with Gasteiger partial charge in [-0.3, -0.25) is 4.90 Å². The Labute approximate surface area is 85.9 Å². The fourth-order valence-corrected chi connectivity index (χ4v) is 1.15. The van der Waals surface area contributed by atoms with Crippen LogP contribution in [0, 0.1) is 0 Å². The van der Waals surface area contributed by atoms with E-state index in [9.17, 15) is 0 Å². The number of nitrogens with zero attached hydrogens (tertiary/aromatic N) is 4. The van der Waals surface area contributed by atoms with Crippen molar-refractivity contribution >= 4 is 0 Å². The minimum Gasteiger partial charge on any atom is -0.291 e. The van der Waals surface area contributed by atoms with Crippen LogP contribution in [-0.4, -0.2) is 34.0 Å². The van der Waals surface area contributed by atoms with E-state index in [1.807, 2.05) is 25.0 Å². The van der Waals surface area contributed by atoms with Crippen molar-refractivity contribution in [2.75, 3.05) is 14.1 Å². The number of hydrogen-bond donors (Lipinski definition) is 0. The Balaban J connectivity index is 2.77. The third kappa shape index (κ3) is 2.54. The predicted octanol–water partition coefficient (Wildman–Crippen LogP) is 1.48. The molecule has 0 aliphatic carbocycles. The summed E-state index contributed by atoms with van der Waals surface area (Å²) < 4.78 is 1.87. The Morgan fingerprint density at radius 3 is 2.57 bits per heavy atom. The van der Waals surface area contributed by atoms with Crippen LogP contribution in [0.2, 0.25) is 0 Å². The zero-order chi connectivity index (χ0) is 10.8. The summed E-state index contributed by atoms with van der Waals surface area (Å²) in [6, 6.07) is 0. The molecule has 0 radical (unpaired) electrons. The lowest BCUT2D eigenvalue weighted by molar-refractivity contribution is 0.303. The molecule has 4 nitrogen and oxygen atoms in total. The monoisotopic (exact) mass is 196 g/mol. The van der Waals surface area contributed by atoms with Crippen molar-refractivity contribution < 1.29 is 0 Å². The summed E-state index contributed by atoms with van der Waals surface area (Å²) in [5.41, 5.74) is 1.20. The average Bonchev–Trinajstić information content (AvgIpc) is 2.52. The number of hydrogen-bond acceptors (Lipinski definition) is 3. The maximum absolute atomic E-state index is 4.20. The Morgan fingerprint density at radius 1 is 1.43 bits per heavy atom. The summed E-state index contributed by atoms with van der Waals surface area (Å²) in [6.45, 7) is 7.34. The van der Waals surface area contributed by atoms with E-state index >= 15 is 0 Å². The molecule has 0 aliphatic heterocycles. The molecule has 0 saturated carbocycles. The van der Waals surface area contributed by atoms with Gasteiger partial charge < -0.3 is 0 Å². The van der Waals surface area contributed by atoms with Crippen molar-refractivity contribution in [3.05, 3.63) is 11.9 Å². The van der Waals surface area contributed by atoms with E-state index in [1.165, 1.54) is 0 Å². The molecule has 0 spiro atoms. The average molecular weight is 196 g/mol. The van der Waals surface area contributed by atoms with Gasteiger partial charge in [-0.05, 0) is 20.5 Å². The highest BCUT2D eigenvalue weighted by Gasteiger charge is 2.21. The normalized spacial score (nSPS) is 12.4. The molecule has 0 saturated heterocycles. The molecule has 1 aromatic rings. The van der Waals surface area contributed by atoms with Crippen molar-refractivity contribution in [1.82, 2.24) is 19.9 Å². The van der Waals surface area contributed by atoms with Crippen molar-refractivity contribution in [1.29, 1.82) is 0 Å². The van der Waals surface area contributed by atoms with Crippen LogP contribution >= 0.6 is 0 Å². The van der Waals surface area contributed by atoms with Gasteiger partial charge in [0, 0.05) is 5.41 Å². The molecule has 0 bridgehead atoms. The van der Waals surface area contributed by atoms with Gasteiger partial charge in [0.15, 0.2) is 0 Å². The second-order valence-electron chi connectivity index (χ2n) is 4.60. The predicted molar refractivity (Wildman–Crippen MR) is 57.0 cm³/mol. The van der Waals surface area contributed by atoms with Crippen LogP contribution in [0.4, 0.5) is 0 Å². The highest BCUT2D eigenvalue weighted by molar-refractivity contribution is 5.07. The van der Waals surface area contributed by atoms with Crippen LogP contribution in [0.3, 0.4) is 0 Å². The van der Waals surface area contributed by atoms with E-state index in [2.05, 4.69) is 36.0 Å². The summed E-state index contributed by atoms with van der Waals surface area (Å²) in [6.07, 6.45) is 3.11. The van der Waals surface area contributed by atoms with Gasteiger partial charge in [-0.2, -0.15) is 0 Å². The Hall–Kier alpha value is -0.900. The second kappa shape index (κ2) is 4.09. The molecule has 0 atom stereocenters. The zero-order valence-corrected chi connectivity index (χ0v) is 9.78. The molecule has 0 aliphatic rings. The standard InChI is InChI=1S/C10H20N4/c1-6-10(2,3)9-7-14(12-11-9)8-13(4)5/h7H,6,8H2,1-5H3. The smallest absolute Gasteiger partial charge is 0.0941 e. The van der Waals surface area contributed by atoms with Crippen LogP contribution in [0.15, 0.2) is 6.20 Å². The molecular formula is C10H20N4. The topological polar surface area (TPSA) is 34.0 Å². The first-order valence-corrected chi connectivity index (χ1v) is 5.01. The molecular weight excluding hydrogens is 176 g/mol. The lowest BCUT2D eigenvalue weighted by Crippen LogP contribution is -2.18. The Morgan fingerprint density at radius 2 is 2.07 bits per heavy atom. The van der Waals surface area contributed by atoms with Gasteiger partial charge in [0.2, 0.25) is 0 Å². The van der Waals surface area contributed by atoms with Gasteiger partial charge in [0.25, 0.3) is 0 Å². The lowest BCUT2D eigenvalue weighted by atomic mass is 9.87. The maximum Gasteiger partial charge on any atom is 0.0941 e. The van der Waals surface area contributed by atoms with E-state index in [1.54, 1.807) is 0 Å². The highest BCUT2D eigenvalue weighted by Crippen LogP contribution is 2.23. The first kappa shape index (κ1) is 11.2. The number of aromatic nitrogens is 3. The Bertz CT molecular complexity index is 288. The molecule has 1 aromatic heterocycles. The third-order valence-electron chi connectivity index (χ3n) is 2.54. The van der Waals surface area contributed by atoms with Gasteiger partial charge in [0.05, 0.1) is 18.6 Å². The first-order valence-electron chi connectivity index (χ1n) is 5.01. The van der Waals surface area contributed by atoms with Gasteiger partial charge in [-0.15, -0.1) is 5.10 Å². The molecule has 0 fully saturated rings. The van der Waals surface area contributed by atoms with Crippen LogP contribution in [0.1, 0.15) is 32.9 Å². The molecule has 14 heavy (non-hydrogen) atoms. The van der Waals surface area contributed by atoms with E-state index in [0.717, 1.165) is 18.8 Å². The maximum atomic E-state index is 4.20. The van der Waals surface area contributed by atoms with E-state index in [0.29, 0.717) is 0 Å². The summed E-state index contributed by atoms with van der Waals surface area (Å²) in [4.78, 5) is 2.07. The van der Waals surface area contributed by atoms with Gasteiger partial charge in [-0.25, -0.2) is 4.68 Å². The molecule has 0 aromatic carbocycles. The second-order valence-corrected chi connectivity index (χ2v) is 4.60.